The number of likely N-dealkylation sites (tertiary alicyclic amines) is 1. The average Bonchev–Trinajstić information content (AvgIpc) is 3.13. The zero-order valence-electron chi connectivity index (χ0n) is 15.2. The van der Waals surface area contributed by atoms with E-state index < -0.39 is 6.04 Å². The molecule has 1 N–H and O–H groups in total. The molecule has 0 aliphatic carbocycles. The molecule has 138 valence electrons. The number of esters is 1. The van der Waals surface area contributed by atoms with Crippen molar-refractivity contribution in [3.8, 4) is 0 Å². The first-order valence-corrected chi connectivity index (χ1v) is 9.21. The Morgan fingerprint density at radius 3 is 3.04 bits per heavy atom. The van der Waals surface area contributed by atoms with E-state index in [-0.39, 0.29) is 12.0 Å². The zero-order valence-corrected chi connectivity index (χ0v) is 15.2. The number of nitrogens with zero attached hydrogens (tertiary/aromatic N) is 2. The minimum atomic E-state index is -0.449. The summed E-state index contributed by atoms with van der Waals surface area (Å²) in [6.07, 6.45) is 7.68. The van der Waals surface area contributed by atoms with E-state index in [1.807, 2.05) is 18.3 Å². The van der Waals surface area contributed by atoms with E-state index >= 15 is 0 Å². The lowest BCUT2D eigenvalue weighted by atomic mass is 10.1. The highest BCUT2D eigenvalue weighted by molar-refractivity contribution is 5.84. The summed E-state index contributed by atoms with van der Waals surface area (Å²) in [5, 5.41) is 2.92. The predicted octanol–water partition coefficient (Wildman–Crippen LogP) is 2.78. The van der Waals surface area contributed by atoms with Crippen LogP contribution in [0.25, 0.3) is 0 Å². The van der Waals surface area contributed by atoms with Gasteiger partial charge in [0, 0.05) is 25.5 Å². The lowest BCUT2D eigenvalue weighted by Gasteiger charge is -2.24. The number of ether oxygens (including phenoxy) is 1. The summed E-state index contributed by atoms with van der Waals surface area (Å²) in [6.45, 7) is 5.81. The van der Waals surface area contributed by atoms with Gasteiger partial charge in [-0.15, -0.1) is 0 Å². The summed E-state index contributed by atoms with van der Waals surface area (Å²) in [5.41, 5.74) is 1.13. The normalized spacial score (nSPS) is 18.0. The zero-order chi connectivity index (χ0) is 18.1. The minimum absolute atomic E-state index is 0.157. The summed E-state index contributed by atoms with van der Waals surface area (Å²) < 4.78 is 5.39. The van der Waals surface area contributed by atoms with Crippen molar-refractivity contribution in [2.75, 3.05) is 19.7 Å². The van der Waals surface area contributed by atoms with Crippen LogP contribution in [0.3, 0.4) is 0 Å². The number of hydrogen-bond acceptors (Lipinski definition) is 4. The largest absolute Gasteiger partial charge is 0.464 e. The summed E-state index contributed by atoms with van der Waals surface area (Å²) in [5.74, 6) is 0.145. The van der Waals surface area contributed by atoms with Crippen LogP contribution in [0.2, 0.25) is 0 Å². The number of rotatable bonds is 8. The van der Waals surface area contributed by atoms with Crippen LogP contribution in [-0.2, 0) is 16.0 Å². The fourth-order valence-electron chi connectivity index (χ4n) is 2.85. The number of carbonyl (C=O) groups excluding carboxylic acids is 2. The molecule has 25 heavy (non-hydrogen) atoms. The molecule has 6 nitrogen and oxygen atoms in total. The first-order chi connectivity index (χ1) is 12.1. The molecule has 1 aromatic rings. The second-order valence-electron chi connectivity index (χ2n) is 6.68. The fraction of sp³-hybridized carbons (Fsp3) is 0.632. The number of nitrogens with one attached hydrogen (secondary N) is 1. The Hall–Kier alpha value is -2.11. The molecule has 2 atom stereocenters. The van der Waals surface area contributed by atoms with E-state index in [0.29, 0.717) is 32.0 Å². The molecule has 1 aliphatic rings. The Morgan fingerprint density at radius 2 is 2.32 bits per heavy atom. The molecule has 1 unspecified atom stereocenters. The van der Waals surface area contributed by atoms with Crippen molar-refractivity contribution in [2.24, 2.45) is 5.92 Å². The van der Waals surface area contributed by atoms with Gasteiger partial charge >= 0.3 is 12.0 Å². The quantitative estimate of drug-likeness (QED) is 0.580. The van der Waals surface area contributed by atoms with Crippen molar-refractivity contribution in [3.63, 3.8) is 0 Å². The van der Waals surface area contributed by atoms with Gasteiger partial charge in [-0.1, -0.05) is 26.3 Å². The van der Waals surface area contributed by atoms with Crippen LogP contribution in [0.1, 0.15) is 45.1 Å². The van der Waals surface area contributed by atoms with Crippen molar-refractivity contribution in [3.05, 3.63) is 30.1 Å². The second-order valence-corrected chi connectivity index (χ2v) is 6.68. The molecule has 0 bridgehead atoms. The number of aromatic nitrogens is 1. The van der Waals surface area contributed by atoms with Gasteiger partial charge in [-0.05, 0) is 43.2 Å². The van der Waals surface area contributed by atoms with Crippen molar-refractivity contribution < 1.29 is 14.3 Å². The van der Waals surface area contributed by atoms with E-state index in [1.54, 1.807) is 11.1 Å². The Balaban J connectivity index is 1.73. The molecular weight excluding hydrogens is 318 g/mol. The van der Waals surface area contributed by atoms with Gasteiger partial charge in [0.15, 0.2) is 0 Å². The topological polar surface area (TPSA) is 71.5 Å². The van der Waals surface area contributed by atoms with Gasteiger partial charge in [0.05, 0.1) is 6.61 Å². The van der Waals surface area contributed by atoms with E-state index in [2.05, 4.69) is 24.1 Å². The number of urea groups is 1. The smallest absolute Gasteiger partial charge is 0.328 e. The SMILES string of the molecule is CCC(C)CNC(=O)N1CCC[C@H]1C(=O)OCCCc1cccnc1. The third kappa shape index (κ3) is 6.03. The third-order valence-corrected chi connectivity index (χ3v) is 4.66. The van der Waals surface area contributed by atoms with Crippen LogP contribution < -0.4 is 5.32 Å². The first-order valence-electron chi connectivity index (χ1n) is 9.21. The van der Waals surface area contributed by atoms with E-state index in [4.69, 9.17) is 4.74 Å². The van der Waals surface area contributed by atoms with Crippen LogP contribution in [0, 0.1) is 5.92 Å². The summed E-state index contributed by atoms with van der Waals surface area (Å²) in [6, 6.07) is 3.30. The van der Waals surface area contributed by atoms with Gasteiger partial charge in [0.25, 0.3) is 0 Å². The van der Waals surface area contributed by atoms with Crippen molar-refractivity contribution in [1.29, 1.82) is 0 Å². The van der Waals surface area contributed by atoms with Gasteiger partial charge in [-0.25, -0.2) is 9.59 Å². The van der Waals surface area contributed by atoms with Gasteiger partial charge in [0.2, 0.25) is 0 Å². The van der Waals surface area contributed by atoms with Crippen molar-refractivity contribution >= 4 is 12.0 Å². The highest BCUT2D eigenvalue weighted by atomic mass is 16.5. The Kier molecular flexibility index (Phi) is 7.70. The summed E-state index contributed by atoms with van der Waals surface area (Å²) in [4.78, 5) is 30.3. The monoisotopic (exact) mass is 347 g/mol. The van der Waals surface area contributed by atoms with Crippen LogP contribution in [0.4, 0.5) is 4.79 Å². The number of aryl methyl sites for hydroxylation is 1. The van der Waals surface area contributed by atoms with Gasteiger partial charge in [-0.3, -0.25) is 4.98 Å². The average molecular weight is 347 g/mol. The number of hydrogen-bond donors (Lipinski definition) is 1. The molecule has 2 amide bonds. The maximum absolute atomic E-state index is 12.3. The molecule has 1 aliphatic heterocycles. The molecule has 0 radical (unpaired) electrons. The third-order valence-electron chi connectivity index (χ3n) is 4.66. The maximum atomic E-state index is 12.3. The Bertz CT molecular complexity index is 550. The van der Waals surface area contributed by atoms with Gasteiger partial charge in [0.1, 0.15) is 6.04 Å². The van der Waals surface area contributed by atoms with Crippen LogP contribution in [-0.4, -0.2) is 47.6 Å². The van der Waals surface area contributed by atoms with Crippen LogP contribution in [0.5, 0.6) is 0 Å². The lowest BCUT2D eigenvalue weighted by molar-refractivity contribution is -0.148. The maximum Gasteiger partial charge on any atom is 0.328 e. The predicted molar refractivity (Wildman–Crippen MR) is 96.1 cm³/mol. The molecule has 1 saturated heterocycles. The molecule has 6 heteroatoms. The number of amides is 2. The summed E-state index contributed by atoms with van der Waals surface area (Å²) in [7, 11) is 0. The minimum Gasteiger partial charge on any atom is -0.464 e. The van der Waals surface area contributed by atoms with Crippen LogP contribution in [0.15, 0.2) is 24.5 Å². The van der Waals surface area contributed by atoms with E-state index in [9.17, 15) is 9.59 Å². The second kappa shape index (κ2) is 10.0. The molecule has 1 fully saturated rings. The first kappa shape index (κ1) is 19.2. The van der Waals surface area contributed by atoms with Crippen molar-refractivity contribution in [2.45, 2.75) is 52.0 Å². The lowest BCUT2D eigenvalue weighted by Crippen LogP contribution is -2.47. The standard InChI is InChI=1S/C19H29N3O3/c1-3-15(2)13-21-19(24)22-11-5-9-17(22)18(23)25-12-6-8-16-7-4-10-20-14-16/h4,7,10,14-15,17H,3,5-6,8-9,11-13H2,1-2H3,(H,21,24)/t15?,17-/m0/s1. The Morgan fingerprint density at radius 1 is 1.48 bits per heavy atom. The molecule has 2 rings (SSSR count). The van der Waals surface area contributed by atoms with Crippen molar-refractivity contribution in [1.82, 2.24) is 15.2 Å². The number of carbonyl (C=O) groups is 2. The van der Waals surface area contributed by atoms with E-state index in [1.165, 1.54) is 0 Å². The van der Waals surface area contributed by atoms with E-state index in [0.717, 1.165) is 31.2 Å². The molecule has 0 spiro atoms. The fourth-order valence-corrected chi connectivity index (χ4v) is 2.85. The highest BCUT2D eigenvalue weighted by Gasteiger charge is 2.35. The van der Waals surface area contributed by atoms with Crippen LogP contribution >= 0.6 is 0 Å². The van der Waals surface area contributed by atoms with Gasteiger partial charge < -0.3 is 15.0 Å². The molecule has 0 saturated carbocycles. The highest BCUT2D eigenvalue weighted by Crippen LogP contribution is 2.19. The van der Waals surface area contributed by atoms with Gasteiger partial charge in [-0.2, -0.15) is 0 Å². The molecule has 1 aromatic heterocycles. The Labute approximate surface area is 150 Å². The molecule has 2 heterocycles. The molecule has 0 aromatic carbocycles. The molecular formula is C19H29N3O3. The summed E-state index contributed by atoms with van der Waals surface area (Å²) >= 11 is 0. The number of pyridine rings is 1.